The number of nitrogens with one attached hydrogen (secondary N) is 2. The molecule has 0 aliphatic heterocycles. The van der Waals surface area contributed by atoms with Crippen molar-refractivity contribution >= 4 is 11.7 Å². The number of urea groups is 1. The number of primary amides is 1. The fourth-order valence-electron chi connectivity index (χ4n) is 0.874. The van der Waals surface area contributed by atoms with Crippen LogP contribution in [0.5, 0.6) is 5.75 Å². The summed E-state index contributed by atoms with van der Waals surface area (Å²) < 4.78 is 39.0. The highest BCUT2D eigenvalue weighted by Gasteiger charge is 2.30. The molecule has 0 aliphatic carbocycles. The van der Waals surface area contributed by atoms with Gasteiger partial charge < -0.3 is 10.5 Å². The smallest absolute Gasteiger partial charge is 0.406 e. The molecule has 0 aromatic heterocycles. The van der Waals surface area contributed by atoms with Crippen LogP contribution in [-0.4, -0.2) is 12.4 Å². The van der Waals surface area contributed by atoms with Crippen molar-refractivity contribution in [1.82, 2.24) is 5.43 Å². The molecule has 4 N–H and O–H groups in total. The van der Waals surface area contributed by atoms with Gasteiger partial charge in [0.05, 0.1) is 5.69 Å². The van der Waals surface area contributed by atoms with Crippen LogP contribution in [0, 0.1) is 0 Å². The van der Waals surface area contributed by atoms with Gasteiger partial charge in [-0.15, -0.1) is 13.2 Å². The highest BCUT2D eigenvalue weighted by atomic mass is 19.4. The molecule has 0 bridgehead atoms. The van der Waals surface area contributed by atoms with E-state index in [1.807, 2.05) is 0 Å². The highest BCUT2D eigenvalue weighted by Crippen LogP contribution is 2.23. The first kappa shape index (κ1) is 12.0. The number of alkyl halides is 3. The lowest BCUT2D eigenvalue weighted by Gasteiger charge is -2.10. The van der Waals surface area contributed by atoms with E-state index in [2.05, 4.69) is 15.6 Å². The fraction of sp³-hybridized carbons (Fsp3) is 0.125. The monoisotopic (exact) mass is 235 g/mol. The van der Waals surface area contributed by atoms with Gasteiger partial charge in [-0.3, -0.25) is 10.9 Å². The van der Waals surface area contributed by atoms with E-state index >= 15 is 0 Å². The summed E-state index contributed by atoms with van der Waals surface area (Å²) in [6.45, 7) is 0. The van der Waals surface area contributed by atoms with E-state index in [9.17, 15) is 18.0 Å². The van der Waals surface area contributed by atoms with Crippen molar-refractivity contribution < 1.29 is 22.7 Å². The van der Waals surface area contributed by atoms with Crippen LogP contribution >= 0.6 is 0 Å². The minimum atomic E-state index is -4.72. The molecular formula is C8H8F3N3O2. The number of carbonyl (C=O) groups excluding carboxylic acids is 1. The molecule has 1 aromatic carbocycles. The van der Waals surface area contributed by atoms with Crippen LogP contribution in [0.4, 0.5) is 23.7 Å². The van der Waals surface area contributed by atoms with Gasteiger partial charge in [-0.05, 0) is 24.3 Å². The number of anilines is 1. The Labute approximate surface area is 88.3 Å². The lowest BCUT2D eigenvalue weighted by atomic mass is 10.3. The molecule has 0 saturated heterocycles. The van der Waals surface area contributed by atoms with Crippen molar-refractivity contribution in [2.75, 3.05) is 5.43 Å². The predicted molar refractivity (Wildman–Crippen MR) is 49.5 cm³/mol. The maximum Gasteiger partial charge on any atom is 0.573 e. The van der Waals surface area contributed by atoms with Gasteiger partial charge in [0.1, 0.15) is 5.75 Å². The Morgan fingerprint density at radius 2 is 1.81 bits per heavy atom. The zero-order chi connectivity index (χ0) is 12.2. The number of rotatable bonds is 3. The molecule has 5 nitrogen and oxygen atoms in total. The van der Waals surface area contributed by atoms with Gasteiger partial charge >= 0.3 is 12.4 Å². The van der Waals surface area contributed by atoms with Crippen molar-refractivity contribution in [2.24, 2.45) is 5.73 Å². The van der Waals surface area contributed by atoms with Gasteiger partial charge in [0.2, 0.25) is 0 Å². The van der Waals surface area contributed by atoms with Crippen molar-refractivity contribution in [3.8, 4) is 5.75 Å². The van der Waals surface area contributed by atoms with Gasteiger partial charge in [0, 0.05) is 0 Å². The molecule has 88 valence electrons. The van der Waals surface area contributed by atoms with Gasteiger partial charge in [-0.1, -0.05) is 0 Å². The summed E-state index contributed by atoms with van der Waals surface area (Å²) in [4.78, 5) is 10.3. The second-order valence-electron chi connectivity index (χ2n) is 2.69. The van der Waals surface area contributed by atoms with Crippen molar-refractivity contribution in [3.05, 3.63) is 24.3 Å². The molecule has 16 heavy (non-hydrogen) atoms. The Morgan fingerprint density at radius 3 is 2.25 bits per heavy atom. The maximum atomic E-state index is 11.8. The second kappa shape index (κ2) is 4.60. The molecule has 1 aromatic rings. The first-order chi connectivity index (χ1) is 7.37. The van der Waals surface area contributed by atoms with Crippen molar-refractivity contribution in [3.63, 3.8) is 0 Å². The summed E-state index contributed by atoms with van der Waals surface area (Å²) in [5.41, 5.74) is 9.56. The highest BCUT2D eigenvalue weighted by molar-refractivity contribution is 5.73. The van der Waals surface area contributed by atoms with Crippen LogP contribution < -0.4 is 21.3 Å². The SMILES string of the molecule is NC(=O)NNc1ccc(OC(F)(F)F)cc1. The molecule has 0 atom stereocenters. The van der Waals surface area contributed by atoms with E-state index in [1.54, 1.807) is 0 Å². The third-order valence-corrected chi connectivity index (χ3v) is 1.42. The van der Waals surface area contributed by atoms with Gasteiger partial charge in [0.25, 0.3) is 0 Å². The minimum Gasteiger partial charge on any atom is -0.406 e. The summed E-state index contributed by atoms with van der Waals surface area (Å²) in [6.07, 6.45) is -4.72. The largest absolute Gasteiger partial charge is 0.573 e. The molecule has 0 spiro atoms. The summed E-state index contributed by atoms with van der Waals surface area (Å²) >= 11 is 0. The number of carbonyl (C=O) groups is 1. The van der Waals surface area contributed by atoms with Crippen LogP contribution in [0.25, 0.3) is 0 Å². The zero-order valence-corrected chi connectivity index (χ0v) is 7.84. The molecule has 2 amide bonds. The number of halogens is 3. The quantitative estimate of drug-likeness (QED) is 0.696. The van der Waals surface area contributed by atoms with E-state index in [-0.39, 0.29) is 5.75 Å². The van der Waals surface area contributed by atoms with Gasteiger partial charge in [-0.2, -0.15) is 0 Å². The minimum absolute atomic E-state index is 0.350. The molecule has 0 saturated carbocycles. The molecule has 0 heterocycles. The first-order valence-corrected chi connectivity index (χ1v) is 4.04. The summed E-state index contributed by atoms with van der Waals surface area (Å²) in [5, 5.41) is 0. The summed E-state index contributed by atoms with van der Waals surface area (Å²) in [7, 11) is 0. The lowest BCUT2D eigenvalue weighted by molar-refractivity contribution is -0.274. The zero-order valence-electron chi connectivity index (χ0n) is 7.84. The number of hydrogen-bond donors (Lipinski definition) is 3. The number of nitrogens with two attached hydrogens (primary N) is 1. The van der Waals surface area contributed by atoms with Crippen LogP contribution in [0.2, 0.25) is 0 Å². The van der Waals surface area contributed by atoms with Crippen LogP contribution in [-0.2, 0) is 0 Å². The lowest BCUT2D eigenvalue weighted by Crippen LogP contribution is -2.34. The molecule has 0 aliphatic rings. The number of amides is 2. The van der Waals surface area contributed by atoms with Crippen LogP contribution in [0.1, 0.15) is 0 Å². The van der Waals surface area contributed by atoms with E-state index < -0.39 is 12.4 Å². The van der Waals surface area contributed by atoms with E-state index in [0.717, 1.165) is 12.1 Å². The third kappa shape index (κ3) is 4.40. The Bertz CT molecular complexity index is 364. The Balaban J connectivity index is 2.57. The number of benzene rings is 1. The van der Waals surface area contributed by atoms with E-state index in [1.165, 1.54) is 12.1 Å². The van der Waals surface area contributed by atoms with Crippen LogP contribution in [0.3, 0.4) is 0 Å². The number of ether oxygens (including phenoxy) is 1. The summed E-state index contributed by atoms with van der Waals surface area (Å²) in [6, 6.07) is 3.96. The molecule has 8 heteroatoms. The molecule has 1 rings (SSSR count). The Morgan fingerprint density at radius 1 is 1.25 bits per heavy atom. The van der Waals surface area contributed by atoms with Crippen molar-refractivity contribution in [1.29, 1.82) is 0 Å². The van der Waals surface area contributed by atoms with Gasteiger partial charge in [0.15, 0.2) is 0 Å². The fourth-order valence-corrected chi connectivity index (χ4v) is 0.874. The third-order valence-electron chi connectivity index (χ3n) is 1.42. The molecule has 0 unspecified atom stereocenters. The average Bonchev–Trinajstić information content (AvgIpc) is 2.14. The van der Waals surface area contributed by atoms with E-state index in [4.69, 9.17) is 5.73 Å². The Kier molecular flexibility index (Phi) is 3.44. The predicted octanol–water partition coefficient (Wildman–Crippen LogP) is 1.58. The topological polar surface area (TPSA) is 76.4 Å². The summed E-state index contributed by atoms with van der Waals surface area (Å²) in [5.74, 6) is -0.350. The number of hydrogen-bond acceptors (Lipinski definition) is 3. The Hall–Kier alpha value is -2.12. The maximum absolute atomic E-state index is 11.8. The average molecular weight is 235 g/mol. The normalized spacial score (nSPS) is 10.7. The second-order valence-corrected chi connectivity index (χ2v) is 2.69. The first-order valence-electron chi connectivity index (χ1n) is 4.04. The van der Waals surface area contributed by atoms with Crippen molar-refractivity contribution in [2.45, 2.75) is 6.36 Å². The van der Waals surface area contributed by atoms with E-state index in [0.29, 0.717) is 5.69 Å². The van der Waals surface area contributed by atoms with Crippen LogP contribution in [0.15, 0.2) is 24.3 Å². The number of hydrazine groups is 1. The van der Waals surface area contributed by atoms with Gasteiger partial charge in [-0.25, -0.2) is 4.79 Å². The molecular weight excluding hydrogens is 227 g/mol. The molecule has 0 fully saturated rings. The molecule has 0 radical (unpaired) electrons. The standard InChI is InChI=1S/C8H8F3N3O2/c9-8(10,11)16-6-3-1-5(2-4-6)13-14-7(12)15/h1-4,13H,(H3,12,14,15).